The maximum Gasteiger partial charge on any atom is 0.503 e. The van der Waals surface area contributed by atoms with Gasteiger partial charge in [0.25, 0.3) is 30.0 Å². The average molecular weight is 2060 g/mol. The summed E-state index contributed by atoms with van der Waals surface area (Å²) < 4.78 is 37.0. The highest BCUT2D eigenvalue weighted by molar-refractivity contribution is 7.87. The minimum absolute atomic E-state index is 0.990. The quantitative estimate of drug-likeness (QED) is 0.0531. The van der Waals surface area contributed by atoms with E-state index in [9.17, 15) is 18.1 Å². The van der Waals surface area contributed by atoms with Crippen molar-refractivity contribution in [3.63, 3.8) is 0 Å². The summed E-state index contributed by atoms with van der Waals surface area (Å²) in [5.74, 6) is 0. The van der Waals surface area contributed by atoms with Crippen LogP contribution in [0.15, 0.2) is 18.1 Å². The molecule has 0 bridgehead atoms. The van der Waals surface area contributed by atoms with Crippen molar-refractivity contribution in [3.05, 3.63) is 0 Å². The van der Waals surface area contributed by atoms with Gasteiger partial charge in [-0.25, -0.2) is 120 Å². The molecule has 24 heterocycles. The van der Waals surface area contributed by atoms with E-state index in [-0.39, 0.29) is 0 Å². The summed E-state index contributed by atoms with van der Waals surface area (Å²) in [4.78, 5) is 39.1. The molecule has 0 aliphatic carbocycles. The van der Waals surface area contributed by atoms with Gasteiger partial charge >= 0.3 is 7.87 Å². The molecule has 24 fully saturated rings. The van der Waals surface area contributed by atoms with Crippen molar-refractivity contribution in [2.45, 2.75) is 308 Å². The first-order chi connectivity index (χ1) is 69.9. The third-order valence-electron chi connectivity index (χ3n) is 35.9. The first kappa shape index (κ1) is 103. The summed E-state index contributed by atoms with van der Waals surface area (Å²) in [5, 5.41) is 74.2. The Morgan fingerprint density at radius 1 is 0.0922 bits per heavy atom. The summed E-state index contributed by atoms with van der Waals surface area (Å²) in [5.41, 5.74) is 0. The molecule has 141 heavy (non-hydrogen) atoms. The Morgan fingerprint density at radius 3 is 0.191 bits per heavy atom. The lowest BCUT2D eigenvalue weighted by Gasteiger charge is -2.60. The Kier molecular flexibility index (Phi) is 34.7. The molecule has 45 heteroatoms. The molecular formula is C96H192N40P5+. The maximum absolute atomic E-state index is 9.24. The summed E-state index contributed by atoms with van der Waals surface area (Å²) in [6, 6.07) is 0. The van der Waals surface area contributed by atoms with Gasteiger partial charge in [0.15, 0.2) is 0 Å². The number of rotatable bonds is 40. The van der Waals surface area contributed by atoms with E-state index in [4.69, 9.17) is 0 Å². The molecule has 0 unspecified atom stereocenters. The largest absolute Gasteiger partial charge is 0.503 e. The smallest absolute Gasteiger partial charge is 0.221 e. The predicted molar refractivity (Wildman–Crippen MR) is 566 cm³/mol. The zero-order chi connectivity index (χ0) is 94.0. The second kappa shape index (κ2) is 47.7. The van der Waals surface area contributed by atoms with Crippen molar-refractivity contribution < 1.29 is 0 Å². The summed E-state index contributed by atoms with van der Waals surface area (Å²) in [6.45, 7) is 47.5. The van der Waals surface area contributed by atoms with Crippen LogP contribution < -0.4 is 0 Å². The molecule has 40 nitrogen and oxygen atoms in total. The second-order valence-electron chi connectivity index (χ2n) is 46.1. The molecule has 0 N–H and O–H groups in total. The van der Waals surface area contributed by atoms with Crippen LogP contribution in [0, 0.1) is 0 Å². The van der Waals surface area contributed by atoms with E-state index in [1.165, 1.54) is 0 Å². The van der Waals surface area contributed by atoms with Crippen LogP contribution in [0.1, 0.15) is 308 Å². The second-order valence-corrected chi connectivity index (χ2v) is 58.6. The minimum atomic E-state index is -5.04. The zero-order valence-corrected chi connectivity index (χ0v) is 92.5. The summed E-state index contributed by atoms with van der Waals surface area (Å²) >= 11 is 0. The monoisotopic (exact) mass is 2060 g/mol. The van der Waals surface area contributed by atoms with E-state index in [1.54, 1.807) is 0 Å². The molecule has 24 aliphatic rings. The number of nitrogens with zero attached hydrogens (tertiary/aromatic N) is 40. The first-order valence-corrected chi connectivity index (χ1v) is 68.0. The van der Waals surface area contributed by atoms with Crippen LogP contribution in [0.3, 0.4) is 0 Å². The average Bonchev–Trinajstić information content (AvgIpc) is 1.66. The molecule has 0 radical (unpaired) electrons. The van der Waals surface area contributed by atoms with Gasteiger partial charge in [0.05, 0.1) is 0 Å². The molecule has 0 atom stereocenters. The van der Waals surface area contributed by atoms with Crippen molar-refractivity contribution in [1.82, 2.24) is 179 Å². The fraction of sp³-hybridized carbons (Fsp3) is 1.00. The van der Waals surface area contributed by atoms with Crippen molar-refractivity contribution in [2.75, 3.05) is 314 Å². The Labute approximate surface area is 852 Å². The molecule has 24 saturated heterocycles. The highest BCUT2D eigenvalue weighted by atomic mass is 31.3. The van der Waals surface area contributed by atoms with Crippen LogP contribution in [0.5, 0.6) is 0 Å². The van der Waals surface area contributed by atoms with Crippen LogP contribution in [0.2, 0.25) is 0 Å². The van der Waals surface area contributed by atoms with Crippen LogP contribution in [-0.2, 0) is 0 Å². The van der Waals surface area contributed by atoms with Crippen molar-refractivity contribution in [2.24, 2.45) is 18.1 Å². The van der Waals surface area contributed by atoms with Gasteiger partial charge < -0.3 is 0 Å². The highest BCUT2D eigenvalue weighted by Crippen LogP contribution is 2.91. The fourth-order valence-corrected chi connectivity index (χ4v) is 54.9. The van der Waals surface area contributed by atoms with Gasteiger partial charge in [-0.1, -0.05) is 0 Å². The van der Waals surface area contributed by atoms with Gasteiger partial charge in [0, 0.05) is 314 Å². The van der Waals surface area contributed by atoms with Crippen molar-refractivity contribution >= 4 is 37.9 Å². The van der Waals surface area contributed by atoms with Gasteiger partial charge in [-0.3, -0.25) is 0 Å². The Hall–Kier alpha value is -0.0900. The van der Waals surface area contributed by atoms with Gasteiger partial charge in [-0.05, 0) is 326 Å². The Bertz CT molecular complexity index is 3020. The predicted octanol–water partition coefficient (Wildman–Crippen LogP) is 14.3. The van der Waals surface area contributed by atoms with Gasteiger partial charge in [0.2, 0.25) is 0 Å². The molecular weight excluding hydrogens is 1870 g/mol. The summed E-state index contributed by atoms with van der Waals surface area (Å²) in [6.07, 6.45) is 55.7. The lowest BCUT2D eigenvalue weighted by Crippen LogP contribution is -2.65. The zero-order valence-electron chi connectivity index (χ0n) is 88.0. The van der Waals surface area contributed by atoms with Gasteiger partial charge in [0.1, 0.15) is 0 Å². The van der Waals surface area contributed by atoms with Crippen LogP contribution in [0.4, 0.5) is 0 Å². The Morgan fingerprint density at radius 2 is 0.142 bits per heavy atom. The molecule has 0 aromatic rings. The van der Waals surface area contributed by atoms with E-state index < -0.39 is 37.9 Å². The van der Waals surface area contributed by atoms with Crippen LogP contribution >= 0.6 is 37.9 Å². The van der Waals surface area contributed by atoms with Gasteiger partial charge in [-0.2, -0.15) is 0 Å². The molecule has 0 spiro atoms. The lowest BCUT2D eigenvalue weighted by atomic mass is 10.4. The molecule has 0 saturated carbocycles. The van der Waals surface area contributed by atoms with Gasteiger partial charge in [-0.15, -0.1) is 58.7 Å². The van der Waals surface area contributed by atoms with E-state index >= 15 is 0 Å². The molecule has 0 aromatic carbocycles. The van der Waals surface area contributed by atoms with E-state index in [0.717, 1.165) is 622 Å². The molecule has 800 valence electrons. The first-order valence-electron chi connectivity index (χ1n) is 60.0. The van der Waals surface area contributed by atoms with E-state index in [1.807, 2.05) is 0 Å². The third kappa shape index (κ3) is 20.5. The normalized spacial score (nSPS) is 29.8. The Balaban J connectivity index is 1.06. The lowest BCUT2D eigenvalue weighted by molar-refractivity contribution is -0.177. The fourth-order valence-electron chi connectivity index (χ4n) is 29.4. The van der Waals surface area contributed by atoms with E-state index in [2.05, 4.69) is 179 Å². The molecule has 0 aromatic heterocycles. The van der Waals surface area contributed by atoms with Crippen LogP contribution in [-0.4, -0.2) is 493 Å². The minimum Gasteiger partial charge on any atom is -0.221 e. The topological polar surface area (TPSA) is 166 Å². The highest BCUT2D eigenvalue weighted by Gasteiger charge is 2.73. The van der Waals surface area contributed by atoms with Crippen molar-refractivity contribution in [1.29, 1.82) is 0 Å². The maximum atomic E-state index is 9.24. The molecule has 24 rings (SSSR count). The standard InChI is InChI=1S/C96H192N40P5/c1-2-50-101(49-1)125(102-51-3-4-52-102)138(126(103-53-5-6-54-103)104-55-7-8-56-104,127(105-57-9-10-58-105)106-59-11-12-60-106)97-137(98-139(128(107-61-13-14-62-107)108-63-15-16-64-108,129(109-65-17-18-66-109)110-67-19-20-68-110)130(111-69-21-22-70-111)112-71-23-24-72-112,99-140(131(113-73-25-26-74-113)114-75-27-28-76-114,132(115-77-29-30-78-115)116-79-31-32-80-116)133(117-81-33-34-82-117)118-83-35-36-84-118)100-141(134(119-85-37-38-86-119)120-87-39-40-88-120,135(121-89-41-42-90-121)122-91-43-44-92-122)136(123-93-45-46-94-123)124-95-47-48-96-124/h1-96H2/q+1. The SMILES string of the molecule is C1CCN(N(N2CCCC2)P(=N[P+](N=P(N(N2CCCC2)N2CCCC2)(N(N2CCCC2)N2CCCC2)N(N2CCCC2)N2CCCC2)(N=P(N(N2CCCC2)N2CCCC2)(N(N2CCCC2)N2CCCC2)N(N2CCCC2)N2CCCC2)N=P(N(N2CCCC2)N2CCCC2)(N(N2CCCC2)N2CCCC2)N(N2CCCC2)N2CCCC2)(N(N2CCCC2)N2CCCC2)N(N2CCCC2)N2CCCC2)C1. The third-order valence-corrected chi connectivity index (χ3v) is 55.4. The number of hydrazine groups is 24. The molecule has 24 aliphatic heterocycles. The van der Waals surface area contributed by atoms with Crippen molar-refractivity contribution in [3.8, 4) is 0 Å². The van der Waals surface area contributed by atoms with Crippen LogP contribution in [0.25, 0.3) is 0 Å². The number of hydrogen-bond donors (Lipinski definition) is 0. The number of hydrogen-bond acceptors (Lipinski definition) is 28. The van der Waals surface area contributed by atoms with E-state index in [0.29, 0.717) is 0 Å². The summed E-state index contributed by atoms with van der Waals surface area (Å²) in [7, 11) is -21.6. The molecule has 0 amide bonds.